The maximum atomic E-state index is 5.54. The molecule has 1 saturated carbocycles. The number of nitrogens with zero attached hydrogens (tertiary/aromatic N) is 1. The minimum Gasteiger partial charge on any atom is -0.380 e. The van der Waals surface area contributed by atoms with Crippen LogP contribution in [0.5, 0.6) is 0 Å². The molecule has 2 fully saturated rings. The molecule has 2 aliphatic rings. The molecule has 1 aliphatic heterocycles. The molecule has 2 rings (SSSR count). The lowest BCUT2D eigenvalue weighted by molar-refractivity contribution is 0.0586. The largest absolute Gasteiger partial charge is 0.380 e. The molecule has 0 aromatic rings. The molecule has 1 saturated heterocycles. The Morgan fingerprint density at radius 1 is 1.32 bits per heavy atom. The van der Waals surface area contributed by atoms with Gasteiger partial charge in [-0.1, -0.05) is 20.8 Å². The maximum absolute atomic E-state index is 5.54. The summed E-state index contributed by atoms with van der Waals surface area (Å²) in [7, 11) is 1.85. The van der Waals surface area contributed by atoms with Crippen LogP contribution in [0.1, 0.15) is 52.9 Å². The number of ether oxygens (including phenoxy) is 1. The number of nitrogens with one attached hydrogen (secondary N) is 1. The molecule has 0 spiro atoms. The second-order valence-electron chi connectivity index (χ2n) is 7.18. The summed E-state index contributed by atoms with van der Waals surface area (Å²) in [4.78, 5) is 2.68. The summed E-state index contributed by atoms with van der Waals surface area (Å²) < 4.78 is 5.54. The quantitative estimate of drug-likeness (QED) is 0.829. The zero-order chi connectivity index (χ0) is 13.9. The Bertz CT molecular complexity index is 278. The molecule has 3 atom stereocenters. The molecular weight excluding hydrogens is 236 g/mol. The number of methoxy groups -OCH3 is 1. The fourth-order valence-electron chi connectivity index (χ4n) is 3.75. The highest BCUT2D eigenvalue weighted by Gasteiger charge is 2.39. The highest BCUT2D eigenvalue weighted by atomic mass is 16.5. The minimum atomic E-state index is 0.455. The van der Waals surface area contributed by atoms with Crippen LogP contribution in [-0.2, 0) is 4.74 Å². The topological polar surface area (TPSA) is 24.5 Å². The van der Waals surface area contributed by atoms with Gasteiger partial charge in [-0.15, -0.1) is 0 Å². The van der Waals surface area contributed by atoms with Crippen LogP contribution < -0.4 is 5.32 Å². The maximum Gasteiger partial charge on any atom is 0.0710 e. The highest BCUT2D eigenvalue weighted by molar-refractivity contribution is 4.96. The second kappa shape index (κ2) is 6.55. The van der Waals surface area contributed by atoms with Crippen molar-refractivity contribution >= 4 is 0 Å². The molecule has 19 heavy (non-hydrogen) atoms. The van der Waals surface area contributed by atoms with E-state index in [1.807, 2.05) is 7.11 Å². The van der Waals surface area contributed by atoms with Crippen LogP contribution in [0.4, 0.5) is 0 Å². The van der Waals surface area contributed by atoms with E-state index in [2.05, 4.69) is 31.0 Å². The van der Waals surface area contributed by atoms with Gasteiger partial charge in [0.2, 0.25) is 0 Å². The Labute approximate surface area is 119 Å². The number of rotatable bonds is 5. The molecule has 0 aromatic carbocycles. The Balaban J connectivity index is 1.98. The van der Waals surface area contributed by atoms with Crippen LogP contribution in [0.2, 0.25) is 0 Å². The van der Waals surface area contributed by atoms with Gasteiger partial charge in [0.05, 0.1) is 6.10 Å². The van der Waals surface area contributed by atoms with Crippen molar-refractivity contribution in [3.05, 3.63) is 0 Å². The van der Waals surface area contributed by atoms with Gasteiger partial charge >= 0.3 is 0 Å². The van der Waals surface area contributed by atoms with E-state index in [9.17, 15) is 0 Å². The SMILES string of the molecule is CCCNC1CCC(C)(C)CC1N1CCC(OC)C1. The number of hydrogen-bond donors (Lipinski definition) is 1. The van der Waals surface area contributed by atoms with Crippen molar-refractivity contribution in [2.45, 2.75) is 71.1 Å². The lowest BCUT2D eigenvalue weighted by Crippen LogP contribution is -2.54. The first-order valence-corrected chi connectivity index (χ1v) is 8.06. The summed E-state index contributed by atoms with van der Waals surface area (Å²) in [5.74, 6) is 0. The standard InChI is InChI=1S/C16H32N2O/c1-5-9-17-14-6-8-16(2,3)11-15(14)18-10-7-13(12-18)19-4/h13-15,17H,5-12H2,1-4H3. The Hall–Kier alpha value is -0.120. The third kappa shape index (κ3) is 3.93. The van der Waals surface area contributed by atoms with E-state index in [0.717, 1.165) is 13.1 Å². The smallest absolute Gasteiger partial charge is 0.0710 e. The van der Waals surface area contributed by atoms with Gasteiger partial charge in [0.25, 0.3) is 0 Å². The molecule has 3 unspecified atom stereocenters. The minimum absolute atomic E-state index is 0.455. The third-order valence-corrected chi connectivity index (χ3v) is 4.99. The average molecular weight is 268 g/mol. The molecule has 0 aromatic heterocycles. The van der Waals surface area contributed by atoms with E-state index >= 15 is 0 Å². The van der Waals surface area contributed by atoms with Crippen LogP contribution in [0, 0.1) is 5.41 Å². The van der Waals surface area contributed by atoms with E-state index in [-0.39, 0.29) is 0 Å². The fourth-order valence-corrected chi connectivity index (χ4v) is 3.75. The molecule has 0 amide bonds. The van der Waals surface area contributed by atoms with Gasteiger partial charge in [0, 0.05) is 32.3 Å². The van der Waals surface area contributed by atoms with Crippen LogP contribution in [0.3, 0.4) is 0 Å². The zero-order valence-electron chi connectivity index (χ0n) is 13.2. The predicted octanol–water partition coefficient (Wildman–Crippen LogP) is 2.65. The average Bonchev–Trinajstić information content (AvgIpc) is 2.85. The van der Waals surface area contributed by atoms with E-state index in [0.29, 0.717) is 23.6 Å². The number of likely N-dealkylation sites (tertiary alicyclic amines) is 1. The highest BCUT2D eigenvalue weighted by Crippen LogP contribution is 2.38. The first-order chi connectivity index (χ1) is 9.05. The van der Waals surface area contributed by atoms with Crippen LogP contribution in [-0.4, -0.2) is 49.8 Å². The zero-order valence-corrected chi connectivity index (χ0v) is 13.2. The monoisotopic (exact) mass is 268 g/mol. The van der Waals surface area contributed by atoms with Crippen molar-refractivity contribution in [2.24, 2.45) is 5.41 Å². The fraction of sp³-hybridized carbons (Fsp3) is 1.00. The summed E-state index contributed by atoms with van der Waals surface area (Å²) in [5.41, 5.74) is 0.500. The summed E-state index contributed by atoms with van der Waals surface area (Å²) >= 11 is 0. The molecule has 0 bridgehead atoms. The molecule has 1 N–H and O–H groups in total. The van der Waals surface area contributed by atoms with Crippen LogP contribution >= 0.6 is 0 Å². The molecule has 1 heterocycles. The Morgan fingerprint density at radius 3 is 2.74 bits per heavy atom. The molecule has 3 nitrogen and oxygen atoms in total. The first kappa shape index (κ1) is 15.3. The summed E-state index contributed by atoms with van der Waals surface area (Å²) in [6, 6.07) is 1.39. The van der Waals surface area contributed by atoms with Crippen LogP contribution in [0.25, 0.3) is 0 Å². The van der Waals surface area contributed by atoms with Gasteiger partial charge in [-0.2, -0.15) is 0 Å². The molecule has 0 radical (unpaired) electrons. The van der Waals surface area contributed by atoms with E-state index < -0.39 is 0 Å². The molecule has 1 aliphatic carbocycles. The van der Waals surface area contributed by atoms with E-state index in [1.165, 1.54) is 38.6 Å². The first-order valence-electron chi connectivity index (χ1n) is 8.06. The lowest BCUT2D eigenvalue weighted by atomic mass is 9.72. The predicted molar refractivity (Wildman–Crippen MR) is 80.5 cm³/mol. The van der Waals surface area contributed by atoms with Crippen molar-refractivity contribution < 1.29 is 4.74 Å². The molecule has 112 valence electrons. The molecule has 3 heteroatoms. The van der Waals surface area contributed by atoms with Crippen molar-refractivity contribution in [1.82, 2.24) is 10.2 Å². The normalized spacial score (nSPS) is 35.7. The van der Waals surface area contributed by atoms with Gasteiger partial charge in [0.15, 0.2) is 0 Å². The number of hydrogen-bond acceptors (Lipinski definition) is 3. The van der Waals surface area contributed by atoms with Crippen molar-refractivity contribution in [1.29, 1.82) is 0 Å². The Kier molecular flexibility index (Phi) is 5.27. The van der Waals surface area contributed by atoms with E-state index in [4.69, 9.17) is 4.74 Å². The lowest BCUT2D eigenvalue weighted by Gasteiger charge is -2.45. The van der Waals surface area contributed by atoms with Gasteiger partial charge in [0.1, 0.15) is 0 Å². The summed E-state index contributed by atoms with van der Waals surface area (Å²) in [6.07, 6.45) is 6.89. The van der Waals surface area contributed by atoms with Gasteiger partial charge in [-0.3, -0.25) is 4.90 Å². The van der Waals surface area contributed by atoms with Gasteiger partial charge in [-0.25, -0.2) is 0 Å². The summed E-state index contributed by atoms with van der Waals surface area (Å²) in [6.45, 7) is 10.6. The van der Waals surface area contributed by atoms with Crippen molar-refractivity contribution in [2.75, 3.05) is 26.7 Å². The van der Waals surface area contributed by atoms with Gasteiger partial charge in [-0.05, 0) is 44.1 Å². The van der Waals surface area contributed by atoms with Crippen LogP contribution in [0.15, 0.2) is 0 Å². The second-order valence-corrected chi connectivity index (χ2v) is 7.18. The van der Waals surface area contributed by atoms with Gasteiger partial charge < -0.3 is 10.1 Å². The third-order valence-electron chi connectivity index (χ3n) is 4.99. The van der Waals surface area contributed by atoms with Crippen molar-refractivity contribution in [3.8, 4) is 0 Å². The Morgan fingerprint density at radius 2 is 2.11 bits per heavy atom. The molecular formula is C16H32N2O. The van der Waals surface area contributed by atoms with Crippen molar-refractivity contribution in [3.63, 3.8) is 0 Å². The summed E-state index contributed by atoms with van der Waals surface area (Å²) in [5, 5.41) is 3.79. The van der Waals surface area contributed by atoms with E-state index in [1.54, 1.807) is 0 Å².